The molecule has 0 unspecified atom stereocenters. The van der Waals surface area contributed by atoms with Gasteiger partial charge >= 0.3 is 5.97 Å². The van der Waals surface area contributed by atoms with Crippen LogP contribution in [0.4, 0.5) is 11.5 Å². The Morgan fingerprint density at radius 3 is 2.56 bits per heavy atom. The molecule has 0 radical (unpaired) electrons. The smallest absolute Gasteiger partial charge is 0.326 e. The average Bonchev–Trinajstić information content (AvgIpc) is 3.26. The zero-order valence-corrected chi connectivity index (χ0v) is 21.6. The number of methoxy groups -OCH3 is 1. The number of benzene rings is 1. The van der Waals surface area contributed by atoms with Crippen LogP contribution in [-0.4, -0.2) is 66.1 Å². The molecule has 4 rings (SSSR count). The first-order chi connectivity index (χ1) is 17.3. The van der Waals surface area contributed by atoms with Crippen LogP contribution in [0.5, 0.6) is 5.75 Å². The van der Waals surface area contributed by atoms with Crippen LogP contribution in [0.15, 0.2) is 36.5 Å². The van der Waals surface area contributed by atoms with E-state index in [9.17, 15) is 4.79 Å². The SMILES string of the molecule is CC#Cc1cnc2c(N(CC(=O)OC(C)(C)C)Cc3ccc(OC)cc3)cc(N3CCOCC3)nn12. The quantitative estimate of drug-likeness (QED) is 0.368. The van der Waals surface area contributed by atoms with Crippen molar-refractivity contribution in [1.29, 1.82) is 0 Å². The minimum absolute atomic E-state index is 0.0488. The van der Waals surface area contributed by atoms with Crippen LogP contribution in [-0.2, 0) is 20.8 Å². The van der Waals surface area contributed by atoms with E-state index in [4.69, 9.17) is 19.3 Å². The van der Waals surface area contributed by atoms with E-state index in [1.807, 2.05) is 56.0 Å². The average molecular weight is 492 g/mol. The van der Waals surface area contributed by atoms with Gasteiger partial charge in [-0.2, -0.15) is 0 Å². The van der Waals surface area contributed by atoms with Gasteiger partial charge in [0.15, 0.2) is 11.5 Å². The molecule has 0 N–H and O–H groups in total. The highest BCUT2D eigenvalue weighted by Gasteiger charge is 2.24. The number of carbonyl (C=O) groups is 1. The number of ether oxygens (including phenoxy) is 3. The maximum atomic E-state index is 13.0. The molecule has 1 aromatic carbocycles. The second-order valence-electron chi connectivity index (χ2n) is 9.53. The normalized spacial score (nSPS) is 13.8. The number of morpholine rings is 1. The van der Waals surface area contributed by atoms with E-state index in [-0.39, 0.29) is 12.5 Å². The van der Waals surface area contributed by atoms with Gasteiger partial charge in [0, 0.05) is 25.7 Å². The highest BCUT2D eigenvalue weighted by molar-refractivity contribution is 5.81. The molecule has 3 heterocycles. The van der Waals surface area contributed by atoms with Crippen molar-refractivity contribution in [3.8, 4) is 17.6 Å². The molecular formula is C27H33N5O4. The first-order valence-electron chi connectivity index (χ1n) is 12.0. The van der Waals surface area contributed by atoms with Crippen LogP contribution < -0.4 is 14.5 Å². The summed E-state index contributed by atoms with van der Waals surface area (Å²) in [5, 5.41) is 4.85. The van der Waals surface area contributed by atoms with E-state index in [2.05, 4.69) is 21.7 Å². The van der Waals surface area contributed by atoms with Crippen LogP contribution in [0.25, 0.3) is 5.65 Å². The fourth-order valence-corrected chi connectivity index (χ4v) is 4.04. The number of imidazole rings is 1. The molecule has 0 spiro atoms. The summed E-state index contributed by atoms with van der Waals surface area (Å²) in [5.41, 5.74) is 2.51. The Bertz CT molecular complexity index is 1260. The number of hydrogen-bond donors (Lipinski definition) is 0. The van der Waals surface area contributed by atoms with Gasteiger partial charge in [-0.25, -0.2) is 9.50 Å². The lowest BCUT2D eigenvalue weighted by Gasteiger charge is -2.30. The van der Waals surface area contributed by atoms with Gasteiger partial charge in [0.05, 0.1) is 32.2 Å². The number of nitrogens with zero attached hydrogens (tertiary/aromatic N) is 5. The molecule has 1 aliphatic rings. The van der Waals surface area contributed by atoms with E-state index in [0.717, 1.165) is 35.9 Å². The van der Waals surface area contributed by atoms with Crippen LogP contribution in [0.3, 0.4) is 0 Å². The minimum Gasteiger partial charge on any atom is -0.497 e. The molecule has 1 saturated heterocycles. The second-order valence-corrected chi connectivity index (χ2v) is 9.53. The summed E-state index contributed by atoms with van der Waals surface area (Å²) in [4.78, 5) is 21.8. The van der Waals surface area contributed by atoms with Crippen molar-refractivity contribution in [3.05, 3.63) is 47.8 Å². The minimum atomic E-state index is -0.591. The third-order valence-corrected chi connectivity index (χ3v) is 5.64. The Labute approximate surface area is 212 Å². The molecule has 9 heteroatoms. The molecule has 1 fully saturated rings. The molecule has 0 atom stereocenters. The van der Waals surface area contributed by atoms with Crippen LogP contribution in [0.1, 0.15) is 39.0 Å². The van der Waals surface area contributed by atoms with Gasteiger partial charge < -0.3 is 24.0 Å². The first kappa shape index (κ1) is 25.3. The number of hydrogen-bond acceptors (Lipinski definition) is 8. The molecule has 190 valence electrons. The summed E-state index contributed by atoms with van der Waals surface area (Å²) >= 11 is 0. The van der Waals surface area contributed by atoms with Gasteiger partial charge in [-0.3, -0.25) is 4.79 Å². The zero-order chi connectivity index (χ0) is 25.7. The van der Waals surface area contributed by atoms with Crippen molar-refractivity contribution in [2.75, 3.05) is 49.8 Å². The van der Waals surface area contributed by atoms with Crippen LogP contribution in [0.2, 0.25) is 0 Å². The Hall–Kier alpha value is -3.77. The lowest BCUT2D eigenvalue weighted by atomic mass is 10.2. The van der Waals surface area contributed by atoms with Crippen molar-refractivity contribution < 1.29 is 19.0 Å². The fraction of sp³-hybridized carbons (Fsp3) is 0.444. The van der Waals surface area contributed by atoms with Crippen molar-refractivity contribution in [2.45, 2.75) is 39.8 Å². The number of aromatic nitrogens is 3. The number of carbonyl (C=O) groups excluding carboxylic acids is 1. The predicted octanol–water partition coefficient (Wildman–Crippen LogP) is 3.29. The van der Waals surface area contributed by atoms with Gasteiger partial charge in [0.1, 0.15) is 23.6 Å². The molecule has 9 nitrogen and oxygen atoms in total. The van der Waals surface area contributed by atoms with E-state index >= 15 is 0 Å². The largest absolute Gasteiger partial charge is 0.497 e. The van der Waals surface area contributed by atoms with Crippen molar-refractivity contribution in [3.63, 3.8) is 0 Å². The molecule has 3 aromatic rings. The lowest BCUT2D eigenvalue weighted by molar-refractivity contribution is -0.153. The molecule has 0 saturated carbocycles. The Kier molecular flexibility index (Phi) is 7.65. The molecular weight excluding hydrogens is 458 g/mol. The second kappa shape index (κ2) is 10.9. The van der Waals surface area contributed by atoms with Gasteiger partial charge in [0.2, 0.25) is 0 Å². The Balaban J connectivity index is 1.80. The summed E-state index contributed by atoms with van der Waals surface area (Å²) in [6.07, 6.45) is 1.71. The molecule has 0 aliphatic carbocycles. The standard InChI is InChI=1S/C27H33N5O4/c1-6-7-21-17-28-26-23(16-24(29-32(21)26)30-12-14-35-15-13-30)31(19-25(33)36-27(2,3)4)18-20-8-10-22(34-5)11-9-20/h8-11,16-17H,12-15,18-19H2,1-5H3. The van der Waals surface area contributed by atoms with Crippen molar-refractivity contribution in [1.82, 2.24) is 14.6 Å². The molecule has 2 aromatic heterocycles. The third kappa shape index (κ3) is 6.07. The van der Waals surface area contributed by atoms with E-state index < -0.39 is 5.60 Å². The molecule has 0 bridgehead atoms. The summed E-state index contributed by atoms with van der Waals surface area (Å²) in [6.45, 7) is 10.6. The zero-order valence-electron chi connectivity index (χ0n) is 21.6. The van der Waals surface area contributed by atoms with E-state index in [1.54, 1.807) is 24.7 Å². The Morgan fingerprint density at radius 1 is 1.19 bits per heavy atom. The Morgan fingerprint density at radius 2 is 1.92 bits per heavy atom. The maximum absolute atomic E-state index is 13.0. The van der Waals surface area contributed by atoms with Gasteiger partial charge in [0.25, 0.3) is 0 Å². The number of fused-ring (bicyclic) bond motifs is 1. The molecule has 1 aliphatic heterocycles. The number of anilines is 2. The third-order valence-electron chi connectivity index (χ3n) is 5.64. The van der Waals surface area contributed by atoms with Crippen molar-refractivity contribution in [2.24, 2.45) is 0 Å². The highest BCUT2D eigenvalue weighted by atomic mass is 16.6. The lowest BCUT2D eigenvalue weighted by Crippen LogP contribution is -2.38. The maximum Gasteiger partial charge on any atom is 0.326 e. The number of rotatable bonds is 7. The topological polar surface area (TPSA) is 81.4 Å². The van der Waals surface area contributed by atoms with Gasteiger partial charge in [-0.1, -0.05) is 18.1 Å². The highest BCUT2D eigenvalue weighted by Crippen LogP contribution is 2.28. The fourth-order valence-electron chi connectivity index (χ4n) is 4.04. The predicted molar refractivity (Wildman–Crippen MR) is 138 cm³/mol. The van der Waals surface area contributed by atoms with E-state index in [1.165, 1.54) is 0 Å². The summed E-state index contributed by atoms with van der Waals surface area (Å²) in [5.74, 6) is 7.25. The molecule has 0 amide bonds. The molecule has 36 heavy (non-hydrogen) atoms. The number of esters is 1. The van der Waals surface area contributed by atoms with Gasteiger partial charge in [-0.05, 0) is 51.3 Å². The van der Waals surface area contributed by atoms with Gasteiger partial charge in [-0.15, -0.1) is 5.10 Å². The van der Waals surface area contributed by atoms with Crippen molar-refractivity contribution >= 4 is 23.1 Å². The monoisotopic (exact) mass is 491 g/mol. The van der Waals surface area contributed by atoms with Crippen LogP contribution >= 0.6 is 0 Å². The van der Waals surface area contributed by atoms with E-state index in [0.29, 0.717) is 31.1 Å². The summed E-state index contributed by atoms with van der Waals surface area (Å²) in [7, 11) is 1.64. The summed E-state index contributed by atoms with van der Waals surface area (Å²) in [6, 6.07) is 9.79. The summed E-state index contributed by atoms with van der Waals surface area (Å²) < 4.78 is 18.3. The van der Waals surface area contributed by atoms with Crippen LogP contribution in [0, 0.1) is 11.8 Å². The first-order valence-corrected chi connectivity index (χ1v) is 12.0.